The Morgan fingerprint density at radius 2 is 2.19 bits per heavy atom. The number of nitrogens with zero attached hydrogens (tertiary/aromatic N) is 3. The molecule has 1 N–H and O–H groups in total. The third-order valence-electron chi connectivity index (χ3n) is 4.93. The molecular weight excluding hydrogens is 260 g/mol. The second-order valence-electron chi connectivity index (χ2n) is 6.59. The quantitative estimate of drug-likeness (QED) is 0.875. The van der Waals surface area contributed by atoms with Gasteiger partial charge in [0.05, 0.1) is 5.69 Å². The summed E-state index contributed by atoms with van der Waals surface area (Å²) in [7, 11) is 2.05. The van der Waals surface area contributed by atoms with Gasteiger partial charge in [0.15, 0.2) is 0 Å². The van der Waals surface area contributed by atoms with Crippen molar-refractivity contribution in [2.24, 2.45) is 13.0 Å². The zero-order valence-electron chi connectivity index (χ0n) is 14.4. The molecule has 1 aliphatic rings. The van der Waals surface area contributed by atoms with Gasteiger partial charge in [-0.15, -0.1) is 0 Å². The summed E-state index contributed by atoms with van der Waals surface area (Å²) in [6, 6.07) is 0.459. The van der Waals surface area contributed by atoms with Crippen LogP contribution in [0.2, 0.25) is 0 Å². The maximum Gasteiger partial charge on any atom is 0.0644 e. The van der Waals surface area contributed by atoms with Gasteiger partial charge in [0.2, 0.25) is 0 Å². The van der Waals surface area contributed by atoms with Crippen LogP contribution in [0.3, 0.4) is 0 Å². The first kappa shape index (κ1) is 16.5. The Hall–Kier alpha value is -0.870. The first-order valence-corrected chi connectivity index (χ1v) is 8.49. The van der Waals surface area contributed by atoms with Crippen LogP contribution in [0.1, 0.15) is 56.1 Å². The van der Waals surface area contributed by atoms with Crippen LogP contribution >= 0.6 is 0 Å². The topological polar surface area (TPSA) is 33.1 Å². The Labute approximate surface area is 129 Å². The zero-order chi connectivity index (χ0) is 15.4. The molecule has 120 valence electrons. The predicted molar refractivity (Wildman–Crippen MR) is 88.6 cm³/mol. The Bertz CT molecular complexity index is 446. The molecule has 2 heterocycles. The lowest BCUT2D eigenvalue weighted by atomic mass is 9.96. The van der Waals surface area contributed by atoms with Crippen molar-refractivity contribution in [2.75, 3.05) is 26.2 Å². The van der Waals surface area contributed by atoms with Crippen LogP contribution < -0.4 is 5.32 Å². The molecule has 1 aromatic rings. The third-order valence-corrected chi connectivity index (χ3v) is 4.93. The molecule has 4 heteroatoms. The fourth-order valence-corrected chi connectivity index (χ4v) is 3.72. The number of aryl methyl sites for hydroxylation is 2. The average Bonchev–Trinajstić information content (AvgIpc) is 2.72. The van der Waals surface area contributed by atoms with E-state index in [1.54, 1.807) is 0 Å². The van der Waals surface area contributed by atoms with Crippen molar-refractivity contribution in [3.63, 3.8) is 0 Å². The lowest BCUT2D eigenvalue weighted by Crippen LogP contribution is -2.39. The van der Waals surface area contributed by atoms with E-state index in [-0.39, 0.29) is 0 Å². The maximum atomic E-state index is 4.60. The number of nitrogens with one attached hydrogen (secondary N) is 1. The van der Waals surface area contributed by atoms with Crippen molar-refractivity contribution < 1.29 is 0 Å². The molecule has 1 saturated heterocycles. The second-order valence-corrected chi connectivity index (χ2v) is 6.59. The molecule has 0 aromatic carbocycles. The summed E-state index contributed by atoms with van der Waals surface area (Å²) in [6.45, 7) is 13.7. The lowest BCUT2D eigenvalue weighted by molar-refractivity contribution is 0.162. The molecule has 21 heavy (non-hydrogen) atoms. The molecule has 0 spiro atoms. The summed E-state index contributed by atoms with van der Waals surface area (Å²) in [6.07, 6.45) is 3.90. The van der Waals surface area contributed by atoms with Crippen molar-refractivity contribution in [1.29, 1.82) is 0 Å². The minimum Gasteiger partial charge on any atom is -0.316 e. The highest BCUT2D eigenvalue weighted by Gasteiger charge is 2.24. The monoisotopic (exact) mass is 292 g/mol. The Balaban J connectivity index is 2.12. The number of aromatic nitrogens is 2. The molecule has 0 amide bonds. The van der Waals surface area contributed by atoms with Gasteiger partial charge in [-0.3, -0.25) is 9.58 Å². The zero-order valence-corrected chi connectivity index (χ0v) is 14.4. The summed E-state index contributed by atoms with van der Waals surface area (Å²) in [5.41, 5.74) is 3.92. The van der Waals surface area contributed by atoms with Crippen LogP contribution in [-0.2, 0) is 7.05 Å². The van der Waals surface area contributed by atoms with Gasteiger partial charge < -0.3 is 5.32 Å². The molecule has 0 radical (unpaired) electrons. The molecule has 0 bridgehead atoms. The van der Waals surface area contributed by atoms with E-state index in [9.17, 15) is 0 Å². The van der Waals surface area contributed by atoms with E-state index in [0.29, 0.717) is 6.04 Å². The first-order valence-electron chi connectivity index (χ1n) is 8.49. The normalized spacial score (nSPS) is 21.0. The van der Waals surface area contributed by atoms with E-state index in [1.165, 1.54) is 62.4 Å². The van der Waals surface area contributed by atoms with Gasteiger partial charge in [0.25, 0.3) is 0 Å². The molecule has 2 atom stereocenters. The fourth-order valence-electron chi connectivity index (χ4n) is 3.72. The van der Waals surface area contributed by atoms with Crippen LogP contribution in [0.15, 0.2) is 0 Å². The van der Waals surface area contributed by atoms with Crippen LogP contribution in [0.4, 0.5) is 0 Å². The van der Waals surface area contributed by atoms with Crippen molar-refractivity contribution in [3.8, 4) is 0 Å². The van der Waals surface area contributed by atoms with Gasteiger partial charge in [-0.25, -0.2) is 0 Å². The molecule has 2 unspecified atom stereocenters. The minimum absolute atomic E-state index is 0.459. The van der Waals surface area contributed by atoms with E-state index < -0.39 is 0 Å². The van der Waals surface area contributed by atoms with Crippen molar-refractivity contribution in [2.45, 2.75) is 53.0 Å². The molecule has 1 aromatic heterocycles. The van der Waals surface area contributed by atoms with Gasteiger partial charge >= 0.3 is 0 Å². The molecule has 1 aliphatic heterocycles. The standard InChI is InChI=1S/C17H32N4/c1-6-10-21(12-16-8-7-9-18-11-16)15(4)17-13(2)19-20(5)14(17)3/h15-16,18H,6-12H2,1-5H3. The predicted octanol–water partition coefficient (Wildman–Crippen LogP) is 2.81. The number of hydrogen-bond donors (Lipinski definition) is 1. The van der Waals surface area contributed by atoms with Crippen molar-refractivity contribution in [3.05, 3.63) is 17.0 Å². The maximum absolute atomic E-state index is 4.60. The average molecular weight is 292 g/mol. The molecular formula is C17H32N4. The largest absolute Gasteiger partial charge is 0.316 e. The van der Waals surface area contributed by atoms with Crippen LogP contribution in [0, 0.1) is 19.8 Å². The van der Waals surface area contributed by atoms with Gasteiger partial charge in [-0.1, -0.05) is 6.92 Å². The highest BCUT2D eigenvalue weighted by molar-refractivity contribution is 5.27. The van der Waals surface area contributed by atoms with E-state index in [0.717, 1.165) is 5.92 Å². The van der Waals surface area contributed by atoms with Gasteiger partial charge in [0, 0.05) is 30.9 Å². The minimum atomic E-state index is 0.459. The summed E-state index contributed by atoms with van der Waals surface area (Å²) in [5.74, 6) is 0.796. The smallest absolute Gasteiger partial charge is 0.0644 e. The fraction of sp³-hybridized carbons (Fsp3) is 0.824. The Kier molecular flexibility index (Phi) is 5.82. The number of rotatable bonds is 6. The summed E-state index contributed by atoms with van der Waals surface area (Å²) >= 11 is 0. The molecule has 0 saturated carbocycles. The van der Waals surface area contributed by atoms with Crippen LogP contribution in [-0.4, -0.2) is 40.9 Å². The lowest BCUT2D eigenvalue weighted by Gasteiger charge is -2.34. The second kappa shape index (κ2) is 7.41. The van der Waals surface area contributed by atoms with E-state index in [2.05, 4.69) is 43.0 Å². The highest BCUT2D eigenvalue weighted by atomic mass is 15.3. The Morgan fingerprint density at radius 1 is 1.43 bits per heavy atom. The van der Waals surface area contributed by atoms with Gasteiger partial charge in [-0.05, 0) is 65.6 Å². The van der Waals surface area contributed by atoms with Gasteiger partial charge in [-0.2, -0.15) is 5.10 Å². The van der Waals surface area contributed by atoms with Crippen LogP contribution in [0.25, 0.3) is 0 Å². The Morgan fingerprint density at radius 3 is 2.71 bits per heavy atom. The van der Waals surface area contributed by atoms with Gasteiger partial charge in [0.1, 0.15) is 0 Å². The van der Waals surface area contributed by atoms with Crippen molar-refractivity contribution >= 4 is 0 Å². The van der Waals surface area contributed by atoms with Crippen molar-refractivity contribution in [1.82, 2.24) is 20.0 Å². The first-order chi connectivity index (χ1) is 10.0. The summed E-state index contributed by atoms with van der Waals surface area (Å²) in [5, 5.41) is 8.14. The molecule has 4 nitrogen and oxygen atoms in total. The van der Waals surface area contributed by atoms with E-state index in [1.807, 2.05) is 11.7 Å². The third kappa shape index (κ3) is 3.86. The summed E-state index contributed by atoms with van der Waals surface area (Å²) in [4.78, 5) is 2.66. The van der Waals surface area contributed by atoms with E-state index in [4.69, 9.17) is 0 Å². The van der Waals surface area contributed by atoms with E-state index >= 15 is 0 Å². The SMILES string of the molecule is CCCN(CC1CCCNC1)C(C)c1c(C)nn(C)c1C. The molecule has 2 rings (SSSR count). The van der Waals surface area contributed by atoms with Crippen LogP contribution in [0.5, 0.6) is 0 Å². The number of piperidine rings is 1. The summed E-state index contributed by atoms with van der Waals surface area (Å²) < 4.78 is 2.02. The number of hydrogen-bond acceptors (Lipinski definition) is 3. The highest BCUT2D eigenvalue weighted by Crippen LogP contribution is 2.28. The molecule has 1 fully saturated rings. The molecule has 0 aliphatic carbocycles.